The van der Waals surface area contributed by atoms with Crippen LogP contribution in [0.1, 0.15) is 11.1 Å². The second-order valence-corrected chi connectivity index (χ2v) is 8.47. The number of carbonyl (C=O) groups is 1. The van der Waals surface area contributed by atoms with Crippen LogP contribution < -0.4 is 10.2 Å². The highest BCUT2D eigenvalue weighted by Gasteiger charge is 2.14. The van der Waals surface area contributed by atoms with E-state index in [1.54, 1.807) is 23.3 Å². The molecule has 3 aromatic carbocycles. The van der Waals surface area contributed by atoms with E-state index in [4.69, 9.17) is 9.97 Å². The van der Waals surface area contributed by atoms with Gasteiger partial charge < -0.3 is 5.32 Å². The van der Waals surface area contributed by atoms with Crippen molar-refractivity contribution < 1.29 is 4.79 Å². The molecule has 5 nitrogen and oxygen atoms in total. The first-order valence-electron chi connectivity index (χ1n) is 9.70. The Morgan fingerprint density at radius 1 is 0.933 bits per heavy atom. The Morgan fingerprint density at radius 3 is 2.47 bits per heavy atom. The van der Waals surface area contributed by atoms with Crippen molar-refractivity contribution in [3.8, 4) is 0 Å². The zero-order chi connectivity index (χ0) is 20.8. The number of hydrogen-bond acceptors (Lipinski definition) is 4. The Kier molecular flexibility index (Phi) is 4.37. The number of fused-ring (bicyclic) bond motifs is 4. The molecular formula is C24H20N4OS. The van der Waals surface area contributed by atoms with Crippen LogP contribution in [0.4, 0.5) is 16.2 Å². The van der Waals surface area contributed by atoms with Gasteiger partial charge in [-0.05, 0) is 67.4 Å². The van der Waals surface area contributed by atoms with Gasteiger partial charge in [-0.1, -0.05) is 18.2 Å². The van der Waals surface area contributed by atoms with Gasteiger partial charge in [0.1, 0.15) is 10.3 Å². The summed E-state index contributed by atoms with van der Waals surface area (Å²) >= 11 is 1.61. The largest absolute Gasteiger partial charge is 0.326 e. The predicted octanol–water partition coefficient (Wildman–Crippen LogP) is 6.28. The lowest BCUT2D eigenvalue weighted by molar-refractivity contribution is 0.258. The number of aryl methyl sites for hydroxylation is 2. The van der Waals surface area contributed by atoms with Crippen molar-refractivity contribution in [3.63, 3.8) is 0 Å². The Labute approximate surface area is 178 Å². The molecule has 0 spiro atoms. The number of thiophene rings is 1. The van der Waals surface area contributed by atoms with Gasteiger partial charge in [0.15, 0.2) is 0 Å². The molecule has 2 heterocycles. The fourth-order valence-corrected chi connectivity index (χ4v) is 4.48. The van der Waals surface area contributed by atoms with E-state index in [9.17, 15) is 4.79 Å². The average molecular weight is 413 g/mol. The summed E-state index contributed by atoms with van der Waals surface area (Å²) in [6.45, 7) is 4.11. The Balaban J connectivity index is 1.49. The number of rotatable bonds is 2. The summed E-state index contributed by atoms with van der Waals surface area (Å²) in [5.41, 5.74) is 6.58. The second-order valence-electron chi connectivity index (χ2n) is 7.44. The van der Waals surface area contributed by atoms with Crippen LogP contribution in [0.15, 0.2) is 60.7 Å². The van der Waals surface area contributed by atoms with Crippen molar-refractivity contribution in [1.29, 1.82) is 0 Å². The van der Waals surface area contributed by atoms with Crippen molar-refractivity contribution in [3.05, 3.63) is 71.8 Å². The molecule has 30 heavy (non-hydrogen) atoms. The Bertz CT molecular complexity index is 1440. The van der Waals surface area contributed by atoms with Gasteiger partial charge in [0, 0.05) is 28.5 Å². The summed E-state index contributed by atoms with van der Waals surface area (Å²) < 4.78 is 1.10. The maximum atomic E-state index is 12.8. The number of urea groups is 1. The molecule has 0 aliphatic rings. The van der Waals surface area contributed by atoms with Gasteiger partial charge in [0.05, 0.1) is 11.0 Å². The third-order valence-corrected chi connectivity index (χ3v) is 6.47. The fraction of sp³-hybridized carbons (Fsp3) is 0.125. The Morgan fingerprint density at radius 2 is 1.70 bits per heavy atom. The number of para-hydroxylation sites is 2. The van der Waals surface area contributed by atoms with E-state index >= 15 is 0 Å². The van der Waals surface area contributed by atoms with Crippen LogP contribution >= 0.6 is 11.3 Å². The first kappa shape index (κ1) is 18.5. The molecule has 0 aliphatic heterocycles. The minimum atomic E-state index is -0.186. The first-order valence-corrected chi connectivity index (χ1v) is 10.5. The third kappa shape index (κ3) is 3.15. The molecule has 5 aromatic rings. The van der Waals surface area contributed by atoms with E-state index < -0.39 is 0 Å². The number of benzene rings is 3. The fourth-order valence-electron chi connectivity index (χ4n) is 3.48. The number of nitrogens with one attached hydrogen (secondary N) is 1. The molecule has 0 bridgehead atoms. The summed E-state index contributed by atoms with van der Waals surface area (Å²) in [5, 5.41) is 4.00. The van der Waals surface area contributed by atoms with Crippen LogP contribution in [0.5, 0.6) is 0 Å². The summed E-state index contributed by atoms with van der Waals surface area (Å²) in [6.07, 6.45) is 0. The van der Waals surface area contributed by atoms with Gasteiger partial charge in [0.2, 0.25) is 0 Å². The lowest BCUT2D eigenvalue weighted by atomic mass is 10.1. The molecule has 148 valence electrons. The zero-order valence-corrected chi connectivity index (χ0v) is 17.7. The molecule has 0 fully saturated rings. The van der Waals surface area contributed by atoms with Crippen molar-refractivity contribution in [1.82, 2.24) is 9.97 Å². The van der Waals surface area contributed by atoms with Crippen LogP contribution in [-0.4, -0.2) is 23.0 Å². The quantitative estimate of drug-likeness (QED) is 0.371. The maximum Gasteiger partial charge on any atom is 0.326 e. The smallest absolute Gasteiger partial charge is 0.308 e. The lowest BCUT2D eigenvalue weighted by Crippen LogP contribution is -2.31. The lowest BCUT2D eigenvalue weighted by Gasteiger charge is -2.19. The number of anilines is 2. The molecule has 2 amide bonds. The summed E-state index contributed by atoms with van der Waals surface area (Å²) in [7, 11) is 1.77. The molecule has 0 atom stereocenters. The van der Waals surface area contributed by atoms with Crippen molar-refractivity contribution >= 4 is 60.2 Å². The van der Waals surface area contributed by atoms with Crippen molar-refractivity contribution in [2.24, 2.45) is 0 Å². The van der Waals surface area contributed by atoms with E-state index in [1.165, 1.54) is 5.56 Å². The third-order valence-electron chi connectivity index (χ3n) is 5.41. The van der Waals surface area contributed by atoms with Crippen LogP contribution in [0.25, 0.3) is 31.5 Å². The highest BCUT2D eigenvalue weighted by Crippen LogP contribution is 2.34. The predicted molar refractivity (Wildman–Crippen MR) is 126 cm³/mol. The number of amides is 2. The van der Waals surface area contributed by atoms with Gasteiger partial charge in [-0.15, -0.1) is 11.3 Å². The molecule has 0 aliphatic carbocycles. The average Bonchev–Trinajstić information content (AvgIpc) is 3.10. The van der Waals surface area contributed by atoms with Gasteiger partial charge in [0.25, 0.3) is 0 Å². The maximum absolute atomic E-state index is 12.8. The molecule has 6 heteroatoms. The Hall–Kier alpha value is -3.51. The number of carbonyl (C=O) groups excluding carboxylic acids is 1. The number of aromatic nitrogens is 2. The molecule has 0 saturated heterocycles. The van der Waals surface area contributed by atoms with Crippen LogP contribution in [0, 0.1) is 13.8 Å². The minimum absolute atomic E-state index is 0.186. The van der Waals surface area contributed by atoms with Gasteiger partial charge in [-0.2, -0.15) is 0 Å². The van der Waals surface area contributed by atoms with Crippen LogP contribution in [-0.2, 0) is 0 Å². The zero-order valence-electron chi connectivity index (χ0n) is 16.9. The van der Waals surface area contributed by atoms with E-state index in [0.29, 0.717) is 0 Å². The van der Waals surface area contributed by atoms with Gasteiger partial charge in [-0.25, -0.2) is 14.8 Å². The second kappa shape index (κ2) is 7.07. The van der Waals surface area contributed by atoms with Gasteiger partial charge >= 0.3 is 6.03 Å². The molecule has 5 rings (SSSR count). The summed E-state index contributed by atoms with van der Waals surface area (Å²) in [5.74, 6) is 0. The van der Waals surface area contributed by atoms with Gasteiger partial charge in [-0.3, -0.25) is 4.90 Å². The molecule has 0 radical (unpaired) electrons. The normalized spacial score (nSPS) is 11.3. The molecule has 1 N–H and O–H groups in total. The highest BCUT2D eigenvalue weighted by molar-refractivity contribution is 7.25. The topological polar surface area (TPSA) is 58.1 Å². The molecule has 2 aromatic heterocycles. The van der Waals surface area contributed by atoms with Crippen LogP contribution in [0.3, 0.4) is 0 Å². The SMILES string of the molecule is Cc1ccc(N(C)C(=O)Nc2ccc3sc4nc5ccccc5nc4c3c2)cc1C. The summed E-state index contributed by atoms with van der Waals surface area (Å²) in [4.78, 5) is 24.9. The molecular weight excluding hydrogens is 392 g/mol. The molecule has 0 saturated carbocycles. The standard InChI is InChI=1S/C24H20N4OS/c1-14-8-10-17(12-15(14)2)28(3)24(29)25-16-9-11-21-18(13-16)22-23(30-21)27-20-7-5-4-6-19(20)26-22/h4-13H,1-3H3,(H,25,29). The summed E-state index contributed by atoms with van der Waals surface area (Å²) in [6, 6.07) is 19.6. The minimum Gasteiger partial charge on any atom is -0.308 e. The van der Waals surface area contributed by atoms with Crippen LogP contribution in [0.2, 0.25) is 0 Å². The van der Waals surface area contributed by atoms with E-state index in [2.05, 4.69) is 12.2 Å². The van der Waals surface area contributed by atoms with Crippen molar-refractivity contribution in [2.45, 2.75) is 13.8 Å². The van der Waals surface area contributed by atoms with Crippen molar-refractivity contribution in [2.75, 3.05) is 17.3 Å². The molecule has 0 unspecified atom stereocenters. The monoisotopic (exact) mass is 412 g/mol. The number of hydrogen-bond donors (Lipinski definition) is 1. The number of nitrogens with zero attached hydrogens (tertiary/aromatic N) is 3. The highest BCUT2D eigenvalue weighted by atomic mass is 32.1. The van der Waals surface area contributed by atoms with E-state index in [-0.39, 0.29) is 6.03 Å². The van der Waals surface area contributed by atoms with E-state index in [0.717, 1.165) is 48.4 Å². The first-order chi connectivity index (χ1) is 14.5. The van der Waals surface area contributed by atoms with E-state index in [1.807, 2.05) is 67.6 Å².